The van der Waals surface area contributed by atoms with E-state index in [2.05, 4.69) is 31.4 Å². The zero-order valence-electron chi connectivity index (χ0n) is 12.2. The second-order valence-electron chi connectivity index (χ2n) is 6.08. The van der Waals surface area contributed by atoms with Gasteiger partial charge in [-0.15, -0.1) is 0 Å². The molecule has 0 radical (unpaired) electrons. The predicted molar refractivity (Wildman–Crippen MR) is 76.4 cm³/mol. The van der Waals surface area contributed by atoms with Gasteiger partial charge in [0.1, 0.15) is 0 Å². The van der Waals surface area contributed by atoms with E-state index in [4.69, 9.17) is 0 Å². The van der Waals surface area contributed by atoms with Crippen molar-refractivity contribution in [2.45, 2.75) is 51.4 Å². The van der Waals surface area contributed by atoms with Crippen molar-refractivity contribution >= 4 is 0 Å². The lowest BCUT2D eigenvalue weighted by Crippen LogP contribution is -2.19. The molecule has 1 rings (SSSR count). The van der Waals surface area contributed by atoms with Gasteiger partial charge in [-0.1, -0.05) is 38.5 Å². The fourth-order valence-electron chi connectivity index (χ4n) is 3.02. The predicted octanol–water partition coefficient (Wildman–Crippen LogP) is 3.13. The molecule has 0 unspecified atom stereocenters. The normalized spacial score (nSPS) is 25.4. The van der Waals surface area contributed by atoms with Crippen molar-refractivity contribution < 1.29 is 0 Å². The molecule has 0 bridgehead atoms. The van der Waals surface area contributed by atoms with Crippen molar-refractivity contribution in [3.63, 3.8) is 0 Å². The minimum Gasteiger partial charge on any atom is -0.320 e. The molecule has 0 saturated heterocycles. The van der Waals surface area contributed by atoms with Crippen LogP contribution in [-0.4, -0.2) is 39.1 Å². The number of unbranched alkanes of at least 4 members (excludes halogenated alkanes) is 1. The first-order valence-electron chi connectivity index (χ1n) is 7.51. The lowest BCUT2D eigenvalue weighted by molar-refractivity contribution is 0.246. The van der Waals surface area contributed by atoms with Gasteiger partial charge >= 0.3 is 0 Å². The molecular weight excluding hydrogens is 208 g/mol. The highest BCUT2D eigenvalue weighted by molar-refractivity contribution is 4.73. The van der Waals surface area contributed by atoms with E-state index in [9.17, 15) is 0 Å². The van der Waals surface area contributed by atoms with E-state index in [1.807, 2.05) is 0 Å². The zero-order chi connectivity index (χ0) is 12.5. The van der Waals surface area contributed by atoms with E-state index in [0.717, 1.165) is 11.8 Å². The molecule has 102 valence electrons. The Morgan fingerprint density at radius 2 is 1.53 bits per heavy atom. The van der Waals surface area contributed by atoms with Gasteiger partial charge in [-0.25, -0.2) is 0 Å². The Kier molecular flexibility index (Phi) is 7.87. The maximum Gasteiger partial charge on any atom is -0.00248 e. The average Bonchev–Trinajstić information content (AvgIpc) is 2.33. The number of hydrogen-bond acceptors (Lipinski definition) is 2. The monoisotopic (exact) mass is 240 g/mol. The van der Waals surface area contributed by atoms with Crippen molar-refractivity contribution in [2.24, 2.45) is 11.8 Å². The van der Waals surface area contributed by atoms with Gasteiger partial charge in [0.15, 0.2) is 0 Å². The molecule has 0 aromatic rings. The van der Waals surface area contributed by atoms with Crippen LogP contribution >= 0.6 is 0 Å². The molecule has 0 aromatic carbocycles. The van der Waals surface area contributed by atoms with Crippen molar-refractivity contribution in [3.05, 3.63) is 0 Å². The van der Waals surface area contributed by atoms with Crippen LogP contribution in [-0.2, 0) is 0 Å². The highest BCUT2D eigenvalue weighted by Gasteiger charge is 2.20. The van der Waals surface area contributed by atoms with Gasteiger partial charge in [-0.05, 0) is 58.9 Å². The Labute approximate surface area is 108 Å². The molecule has 0 spiro atoms. The molecule has 2 heteroatoms. The summed E-state index contributed by atoms with van der Waals surface area (Å²) in [4.78, 5) is 2.30. The van der Waals surface area contributed by atoms with Gasteiger partial charge in [-0.2, -0.15) is 0 Å². The first-order valence-corrected chi connectivity index (χ1v) is 7.51. The van der Waals surface area contributed by atoms with Gasteiger partial charge in [-0.3, -0.25) is 0 Å². The third-order valence-electron chi connectivity index (χ3n) is 4.24. The maximum absolute atomic E-state index is 3.27. The molecule has 0 aliphatic heterocycles. The third kappa shape index (κ3) is 7.05. The van der Waals surface area contributed by atoms with Crippen LogP contribution in [0, 0.1) is 11.8 Å². The summed E-state index contributed by atoms with van der Waals surface area (Å²) in [6.07, 6.45) is 11.7. The van der Waals surface area contributed by atoms with Gasteiger partial charge < -0.3 is 10.2 Å². The molecular formula is C15H32N2. The lowest BCUT2D eigenvalue weighted by atomic mass is 9.78. The Hall–Kier alpha value is -0.0800. The molecule has 1 aliphatic carbocycles. The summed E-state index contributed by atoms with van der Waals surface area (Å²) in [5, 5.41) is 3.27. The molecule has 17 heavy (non-hydrogen) atoms. The highest BCUT2D eigenvalue weighted by atomic mass is 15.0. The zero-order valence-corrected chi connectivity index (χ0v) is 12.2. The average molecular weight is 240 g/mol. The number of nitrogens with one attached hydrogen (secondary N) is 1. The van der Waals surface area contributed by atoms with Gasteiger partial charge in [0.05, 0.1) is 0 Å². The SMILES string of the molecule is CNCCC1CCC(CCCCN(C)C)CC1. The van der Waals surface area contributed by atoms with Crippen molar-refractivity contribution in [1.29, 1.82) is 0 Å². The summed E-state index contributed by atoms with van der Waals surface area (Å²) >= 11 is 0. The second-order valence-corrected chi connectivity index (χ2v) is 6.08. The summed E-state index contributed by atoms with van der Waals surface area (Å²) in [7, 11) is 6.41. The van der Waals surface area contributed by atoms with Crippen LogP contribution < -0.4 is 5.32 Å². The first kappa shape index (κ1) is 15.0. The van der Waals surface area contributed by atoms with E-state index in [-0.39, 0.29) is 0 Å². The minimum atomic E-state index is 1.01. The van der Waals surface area contributed by atoms with Gasteiger partial charge in [0.2, 0.25) is 0 Å². The fraction of sp³-hybridized carbons (Fsp3) is 1.00. The number of hydrogen-bond donors (Lipinski definition) is 1. The quantitative estimate of drug-likeness (QED) is 0.656. The van der Waals surface area contributed by atoms with Crippen LogP contribution in [0.4, 0.5) is 0 Å². The Balaban J connectivity index is 1.99. The smallest absolute Gasteiger partial charge is 0.00248 e. The summed E-state index contributed by atoms with van der Waals surface area (Å²) in [5.41, 5.74) is 0. The molecule has 0 amide bonds. The first-order chi connectivity index (χ1) is 8.22. The number of rotatable bonds is 8. The van der Waals surface area contributed by atoms with Gasteiger partial charge in [0, 0.05) is 0 Å². The molecule has 1 saturated carbocycles. The molecule has 1 aliphatic rings. The molecule has 1 fully saturated rings. The van der Waals surface area contributed by atoms with Crippen molar-refractivity contribution in [3.8, 4) is 0 Å². The minimum absolute atomic E-state index is 1.01. The Morgan fingerprint density at radius 1 is 0.941 bits per heavy atom. The van der Waals surface area contributed by atoms with Crippen LogP contribution in [0.15, 0.2) is 0 Å². The van der Waals surface area contributed by atoms with E-state index >= 15 is 0 Å². The summed E-state index contributed by atoms with van der Waals surface area (Å²) in [5.74, 6) is 2.06. The van der Waals surface area contributed by atoms with E-state index in [0.29, 0.717) is 0 Å². The standard InChI is InChI=1S/C15H32N2/c1-16-12-11-15-9-7-14(8-10-15)6-4-5-13-17(2)3/h14-16H,4-13H2,1-3H3. The Bertz CT molecular complexity index is 172. The van der Waals surface area contributed by atoms with E-state index in [1.54, 1.807) is 0 Å². The van der Waals surface area contributed by atoms with Crippen LogP contribution in [0.2, 0.25) is 0 Å². The summed E-state index contributed by atoms with van der Waals surface area (Å²) in [6, 6.07) is 0. The van der Waals surface area contributed by atoms with Crippen molar-refractivity contribution in [2.75, 3.05) is 34.2 Å². The summed E-state index contributed by atoms with van der Waals surface area (Å²) < 4.78 is 0. The van der Waals surface area contributed by atoms with E-state index in [1.165, 1.54) is 64.5 Å². The molecule has 0 atom stereocenters. The number of nitrogens with zero attached hydrogens (tertiary/aromatic N) is 1. The molecule has 0 heterocycles. The molecule has 1 N–H and O–H groups in total. The molecule has 2 nitrogen and oxygen atoms in total. The third-order valence-corrected chi connectivity index (χ3v) is 4.24. The van der Waals surface area contributed by atoms with E-state index < -0.39 is 0 Å². The largest absolute Gasteiger partial charge is 0.320 e. The van der Waals surface area contributed by atoms with Crippen LogP contribution in [0.5, 0.6) is 0 Å². The molecule has 0 aromatic heterocycles. The van der Waals surface area contributed by atoms with Gasteiger partial charge in [0.25, 0.3) is 0 Å². The second kappa shape index (κ2) is 8.93. The van der Waals surface area contributed by atoms with Crippen molar-refractivity contribution in [1.82, 2.24) is 10.2 Å². The highest BCUT2D eigenvalue weighted by Crippen LogP contribution is 2.33. The topological polar surface area (TPSA) is 15.3 Å². The maximum atomic E-state index is 3.27. The summed E-state index contributed by atoms with van der Waals surface area (Å²) in [6.45, 7) is 2.47. The van der Waals surface area contributed by atoms with Crippen LogP contribution in [0.1, 0.15) is 51.4 Å². The van der Waals surface area contributed by atoms with Crippen LogP contribution in [0.3, 0.4) is 0 Å². The Morgan fingerprint density at radius 3 is 2.06 bits per heavy atom. The van der Waals surface area contributed by atoms with Crippen LogP contribution in [0.25, 0.3) is 0 Å². The fourth-order valence-corrected chi connectivity index (χ4v) is 3.02. The lowest BCUT2D eigenvalue weighted by Gasteiger charge is -2.28.